The second-order valence-corrected chi connectivity index (χ2v) is 4.69. The van der Waals surface area contributed by atoms with E-state index in [1.54, 1.807) is 0 Å². The zero-order valence-corrected chi connectivity index (χ0v) is 9.34. The first kappa shape index (κ1) is 10.7. The van der Waals surface area contributed by atoms with Crippen molar-refractivity contribution < 1.29 is 9.28 Å². The lowest BCUT2D eigenvalue weighted by Crippen LogP contribution is -2.63. The van der Waals surface area contributed by atoms with Crippen LogP contribution in [0.1, 0.15) is 47.0 Å². The first-order valence-corrected chi connectivity index (χ1v) is 5.42. The molecule has 0 unspecified atom stereocenters. The molecular weight excluding hydrogens is 162 g/mol. The van der Waals surface area contributed by atoms with Crippen molar-refractivity contribution in [2.45, 2.75) is 59.0 Å². The Morgan fingerprint density at radius 3 is 1.92 bits per heavy atom. The van der Waals surface area contributed by atoms with Gasteiger partial charge in [-0.05, 0) is 40.5 Å². The molecule has 0 saturated carbocycles. The molecular formula is C11H22NO+. The number of likely N-dealkylation sites (tertiary alicyclic amines) is 1. The van der Waals surface area contributed by atoms with Crippen LogP contribution in [0.15, 0.2) is 0 Å². The molecule has 1 aliphatic rings. The van der Waals surface area contributed by atoms with Gasteiger partial charge < -0.3 is 0 Å². The van der Waals surface area contributed by atoms with E-state index in [9.17, 15) is 4.79 Å². The van der Waals surface area contributed by atoms with Gasteiger partial charge in [0.15, 0.2) is 0 Å². The van der Waals surface area contributed by atoms with E-state index in [1.807, 2.05) is 0 Å². The molecule has 1 rings (SSSR count). The largest absolute Gasteiger partial charge is 0.314 e. The second kappa shape index (κ2) is 3.79. The summed E-state index contributed by atoms with van der Waals surface area (Å²) in [5, 5.41) is 0. The van der Waals surface area contributed by atoms with Crippen LogP contribution in [0.5, 0.6) is 0 Å². The molecule has 1 amide bonds. The summed E-state index contributed by atoms with van der Waals surface area (Å²) in [7, 11) is 0. The van der Waals surface area contributed by atoms with Crippen LogP contribution in [0.2, 0.25) is 0 Å². The van der Waals surface area contributed by atoms with Crippen molar-refractivity contribution >= 4 is 5.91 Å². The second-order valence-electron chi connectivity index (χ2n) is 4.69. The van der Waals surface area contributed by atoms with Crippen LogP contribution in [0.3, 0.4) is 0 Å². The van der Waals surface area contributed by atoms with Gasteiger partial charge in [0, 0.05) is 0 Å². The van der Waals surface area contributed by atoms with Crippen molar-refractivity contribution in [3.8, 4) is 0 Å². The van der Waals surface area contributed by atoms with Crippen LogP contribution in [0, 0.1) is 0 Å². The smallest absolute Gasteiger partial charge is 0.257 e. The number of hydrogen-bond acceptors (Lipinski definition) is 1. The number of amides is 1. The van der Waals surface area contributed by atoms with Crippen molar-refractivity contribution in [3.05, 3.63) is 0 Å². The predicted octanol–water partition coefficient (Wildman–Crippen LogP) is 2.33. The Labute approximate surface area is 81.5 Å². The highest BCUT2D eigenvalue weighted by atomic mass is 16.2. The minimum Gasteiger partial charge on any atom is -0.257 e. The van der Waals surface area contributed by atoms with Crippen LogP contribution in [0.25, 0.3) is 0 Å². The molecule has 0 radical (unpaired) electrons. The summed E-state index contributed by atoms with van der Waals surface area (Å²) < 4.78 is 0.708. The van der Waals surface area contributed by atoms with Crippen molar-refractivity contribution in [2.24, 2.45) is 0 Å². The van der Waals surface area contributed by atoms with Gasteiger partial charge in [-0.25, -0.2) is 4.79 Å². The minimum atomic E-state index is 0.438. The molecule has 2 nitrogen and oxygen atoms in total. The Morgan fingerprint density at radius 1 is 1.08 bits per heavy atom. The number of nitrogens with zero attached hydrogens (tertiary/aromatic N) is 1. The van der Waals surface area contributed by atoms with Crippen LogP contribution in [-0.2, 0) is 4.79 Å². The van der Waals surface area contributed by atoms with Gasteiger partial charge in [-0.3, -0.25) is 4.48 Å². The van der Waals surface area contributed by atoms with Crippen molar-refractivity contribution in [2.75, 3.05) is 6.54 Å². The Bertz CT molecular complexity index is 188. The van der Waals surface area contributed by atoms with Gasteiger partial charge >= 0.3 is 5.91 Å². The first-order valence-electron chi connectivity index (χ1n) is 5.42. The summed E-state index contributed by atoms with van der Waals surface area (Å²) in [4.78, 5) is 12.0. The van der Waals surface area contributed by atoms with Gasteiger partial charge in [0.05, 0.1) is 25.0 Å². The fraction of sp³-hybridized carbons (Fsp3) is 0.909. The van der Waals surface area contributed by atoms with Gasteiger partial charge in [0.2, 0.25) is 0 Å². The quantitative estimate of drug-likeness (QED) is 0.602. The number of quaternary nitrogens is 1. The summed E-state index contributed by atoms with van der Waals surface area (Å²) >= 11 is 0. The average molecular weight is 184 g/mol. The lowest BCUT2D eigenvalue weighted by Gasteiger charge is -2.45. The molecule has 1 aliphatic heterocycles. The summed E-state index contributed by atoms with van der Waals surface area (Å²) in [6, 6.07) is 0.876. The molecule has 0 bridgehead atoms. The molecule has 1 saturated heterocycles. The fourth-order valence-corrected chi connectivity index (χ4v) is 2.67. The van der Waals surface area contributed by atoms with E-state index in [1.165, 1.54) is 6.42 Å². The van der Waals surface area contributed by atoms with E-state index in [4.69, 9.17) is 0 Å². The fourth-order valence-electron chi connectivity index (χ4n) is 2.67. The maximum Gasteiger partial charge on any atom is 0.314 e. The van der Waals surface area contributed by atoms with Gasteiger partial charge in [-0.2, -0.15) is 0 Å². The van der Waals surface area contributed by atoms with Gasteiger partial charge in [-0.15, -0.1) is 0 Å². The monoisotopic (exact) mass is 184 g/mol. The van der Waals surface area contributed by atoms with E-state index >= 15 is 0 Å². The maximum absolute atomic E-state index is 12.0. The highest BCUT2D eigenvalue weighted by Gasteiger charge is 2.43. The van der Waals surface area contributed by atoms with Crippen molar-refractivity contribution in [3.63, 3.8) is 0 Å². The Kier molecular flexibility index (Phi) is 3.12. The highest BCUT2D eigenvalue weighted by Crippen LogP contribution is 2.27. The molecule has 0 spiro atoms. The number of carbonyl (C=O) groups is 1. The summed E-state index contributed by atoms with van der Waals surface area (Å²) in [5.41, 5.74) is 0. The normalized spacial score (nSPS) is 22.8. The SMILES string of the molecule is CC(C)[N+]1(C(C)C)CCCCC1=O. The summed E-state index contributed by atoms with van der Waals surface area (Å²) in [6.45, 7) is 9.73. The van der Waals surface area contributed by atoms with Gasteiger partial charge in [-0.1, -0.05) is 0 Å². The molecule has 0 aromatic heterocycles. The molecule has 1 heterocycles. The molecule has 0 aliphatic carbocycles. The first-order chi connectivity index (χ1) is 6.01. The lowest BCUT2D eigenvalue weighted by atomic mass is 10.0. The number of hydrogen-bond donors (Lipinski definition) is 0. The van der Waals surface area contributed by atoms with E-state index in [0.29, 0.717) is 22.5 Å². The standard InChI is InChI=1S/C11H22NO/c1-9(2)12(10(3)4)8-6-5-7-11(12)13/h9-10H,5-8H2,1-4H3/q+1. The molecule has 1 fully saturated rings. The van der Waals surface area contributed by atoms with Crippen LogP contribution in [0.4, 0.5) is 0 Å². The number of piperidine rings is 1. The van der Waals surface area contributed by atoms with Crippen molar-refractivity contribution in [1.29, 1.82) is 0 Å². The Morgan fingerprint density at radius 2 is 1.62 bits per heavy atom. The van der Waals surface area contributed by atoms with Crippen molar-refractivity contribution in [1.82, 2.24) is 0 Å². The number of rotatable bonds is 2. The van der Waals surface area contributed by atoms with E-state index in [-0.39, 0.29) is 0 Å². The highest BCUT2D eigenvalue weighted by molar-refractivity contribution is 5.70. The Hall–Kier alpha value is -0.370. The van der Waals surface area contributed by atoms with Crippen LogP contribution in [-0.4, -0.2) is 29.0 Å². The van der Waals surface area contributed by atoms with Gasteiger partial charge in [0.25, 0.3) is 0 Å². The minimum absolute atomic E-state index is 0.438. The van der Waals surface area contributed by atoms with Crippen LogP contribution >= 0.6 is 0 Å². The molecule has 0 aromatic carbocycles. The zero-order valence-electron chi connectivity index (χ0n) is 9.34. The van der Waals surface area contributed by atoms with E-state index in [0.717, 1.165) is 19.4 Å². The average Bonchev–Trinajstić information content (AvgIpc) is 2.04. The van der Waals surface area contributed by atoms with E-state index in [2.05, 4.69) is 27.7 Å². The van der Waals surface area contributed by atoms with E-state index < -0.39 is 0 Å². The molecule has 0 N–H and O–H groups in total. The molecule has 0 aromatic rings. The Balaban J connectivity index is 2.93. The molecule has 76 valence electrons. The topological polar surface area (TPSA) is 17.1 Å². The molecule has 2 heteroatoms. The molecule has 0 atom stereocenters. The molecule has 13 heavy (non-hydrogen) atoms. The summed E-state index contributed by atoms with van der Waals surface area (Å²) in [6.07, 6.45) is 3.09. The third-order valence-corrected chi connectivity index (χ3v) is 3.48. The van der Waals surface area contributed by atoms with Crippen LogP contribution < -0.4 is 0 Å². The lowest BCUT2D eigenvalue weighted by molar-refractivity contribution is -0.899. The zero-order chi connectivity index (χ0) is 10.1. The van der Waals surface area contributed by atoms with Gasteiger partial charge in [0.1, 0.15) is 0 Å². The third kappa shape index (κ3) is 1.64. The summed E-state index contributed by atoms with van der Waals surface area (Å²) in [5.74, 6) is 0.455. The predicted molar refractivity (Wildman–Crippen MR) is 54.3 cm³/mol. The maximum atomic E-state index is 12.0. The number of carbonyl (C=O) groups excluding carboxylic acids is 1. The third-order valence-electron chi connectivity index (χ3n) is 3.48.